The minimum absolute atomic E-state index is 0.660. The molecular formula is C19H22N4S3. The molecule has 1 saturated heterocycles. The predicted molar refractivity (Wildman–Crippen MR) is 112 cm³/mol. The molecule has 4 nitrogen and oxygen atoms in total. The summed E-state index contributed by atoms with van der Waals surface area (Å²) in [6.07, 6.45) is 3.96. The fourth-order valence-corrected chi connectivity index (χ4v) is 6.07. The summed E-state index contributed by atoms with van der Waals surface area (Å²) in [5, 5.41) is 13.1. The molecule has 4 rings (SSSR count). The molecule has 1 aliphatic rings. The molecule has 0 bridgehead atoms. The maximum Gasteiger partial charge on any atom is 0.134 e. The third-order valence-electron chi connectivity index (χ3n) is 4.75. The molecule has 0 aromatic carbocycles. The van der Waals surface area contributed by atoms with E-state index >= 15 is 0 Å². The average molecular weight is 403 g/mol. The van der Waals surface area contributed by atoms with Crippen LogP contribution in [0.3, 0.4) is 0 Å². The lowest BCUT2D eigenvalue weighted by atomic mass is 10.1. The molecule has 0 saturated carbocycles. The number of thioether (sulfide) groups is 1. The van der Waals surface area contributed by atoms with E-state index in [2.05, 4.69) is 51.8 Å². The van der Waals surface area contributed by atoms with E-state index in [1.54, 1.807) is 22.7 Å². The van der Waals surface area contributed by atoms with Gasteiger partial charge in [0, 0.05) is 11.8 Å². The van der Waals surface area contributed by atoms with E-state index in [1.807, 2.05) is 18.7 Å². The number of thiazole rings is 1. The van der Waals surface area contributed by atoms with Crippen LogP contribution in [0.2, 0.25) is 0 Å². The smallest absolute Gasteiger partial charge is 0.134 e. The van der Waals surface area contributed by atoms with Gasteiger partial charge in [0.05, 0.1) is 15.4 Å². The minimum atomic E-state index is 0.660. The highest BCUT2D eigenvalue weighted by Crippen LogP contribution is 2.36. The van der Waals surface area contributed by atoms with Crippen molar-refractivity contribution >= 4 is 34.4 Å². The first-order valence-corrected chi connectivity index (χ1v) is 11.6. The summed E-state index contributed by atoms with van der Waals surface area (Å²) in [5.74, 6) is 1.09. The number of hydrogen-bond acceptors (Lipinski definition) is 7. The second kappa shape index (κ2) is 8.17. The van der Waals surface area contributed by atoms with Crippen LogP contribution in [0.4, 0.5) is 0 Å². The number of rotatable bonds is 5. The Morgan fingerprint density at radius 1 is 1.23 bits per heavy atom. The highest BCUT2D eigenvalue weighted by atomic mass is 32.2. The van der Waals surface area contributed by atoms with Gasteiger partial charge in [-0.25, -0.2) is 4.98 Å². The second-order valence-electron chi connectivity index (χ2n) is 6.61. The Balaban J connectivity index is 1.44. The van der Waals surface area contributed by atoms with Gasteiger partial charge in [0.2, 0.25) is 0 Å². The van der Waals surface area contributed by atoms with Crippen LogP contribution in [-0.2, 0) is 0 Å². The molecule has 1 unspecified atom stereocenters. The van der Waals surface area contributed by atoms with Crippen molar-refractivity contribution in [3.8, 4) is 20.5 Å². The molecule has 1 aliphatic heterocycles. The van der Waals surface area contributed by atoms with Crippen LogP contribution in [0, 0.1) is 6.92 Å². The largest absolute Gasteiger partial charge is 0.303 e. The summed E-state index contributed by atoms with van der Waals surface area (Å²) < 4.78 is 0. The second-order valence-corrected chi connectivity index (χ2v) is 9.60. The average Bonchev–Trinajstić information content (AvgIpc) is 3.31. The Labute approximate surface area is 166 Å². The Hall–Kier alpha value is -1.28. The zero-order valence-electron chi connectivity index (χ0n) is 15.0. The molecule has 3 aromatic rings. The Morgan fingerprint density at radius 3 is 2.88 bits per heavy atom. The van der Waals surface area contributed by atoms with Crippen LogP contribution in [0.5, 0.6) is 0 Å². The Morgan fingerprint density at radius 2 is 2.15 bits per heavy atom. The molecule has 0 radical (unpaired) electrons. The molecule has 136 valence electrons. The van der Waals surface area contributed by atoms with Crippen LogP contribution in [0.15, 0.2) is 34.7 Å². The highest BCUT2D eigenvalue weighted by Gasteiger charge is 2.19. The molecule has 1 atom stereocenters. The number of nitrogens with zero attached hydrogens (tertiary/aromatic N) is 4. The lowest BCUT2D eigenvalue weighted by molar-refractivity contribution is 0.204. The van der Waals surface area contributed by atoms with Gasteiger partial charge in [-0.05, 0) is 56.9 Å². The van der Waals surface area contributed by atoms with Crippen LogP contribution < -0.4 is 0 Å². The number of likely N-dealkylation sites (tertiary alicyclic amines) is 1. The number of piperidine rings is 1. The quantitative estimate of drug-likeness (QED) is 0.548. The first-order valence-electron chi connectivity index (χ1n) is 8.89. The molecule has 7 heteroatoms. The van der Waals surface area contributed by atoms with E-state index in [-0.39, 0.29) is 0 Å². The van der Waals surface area contributed by atoms with Crippen LogP contribution in [-0.4, -0.2) is 45.5 Å². The van der Waals surface area contributed by atoms with Gasteiger partial charge >= 0.3 is 0 Å². The molecule has 26 heavy (non-hydrogen) atoms. The van der Waals surface area contributed by atoms with Gasteiger partial charge in [0.25, 0.3) is 0 Å². The van der Waals surface area contributed by atoms with Crippen LogP contribution >= 0.6 is 34.4 Å². The minimum Gasteiger partial charge on any atom is -0.303 e. The monoisotopic (exact) mass is 402 g/mol. The third kappa shape index (κ3) is 4.01. The van der Waals surface area contributed by atoms with Crippen molar-refractivity contribution in [3.63, 3.8) is 0 Å². The fraction of sp³-hybridized carbons (Fsp3) is 0.421. The van der Waals surface area contributed by atoms with Gasteiger partial charge in [-0.3, -0.25) is 0 Å². The SMILES string of the molecule is Cc1nc(-c2cccs2)sc1-c1ccc(SCC2CCCCN2C)nn1. The molecule has 4 heterocycles. The van der Waals surface area contributed by atoms with Gasteiger partial charge in [-0.1, -0.05) is 12.5 Å². The number of aryl methyl sites for hydroxylation is 1. The third-order valence-corrected chi connectivity index (χ3v) is 8.03. The summed E-state index contributed by atoms with van der Waals surface area (Å²) in [6.45, 7) is 3.26. The normalized spacial score (nSPS) is 18.3. The lowest BCUT2D eigenvalue weighted by Gasteiger charge is -2.31. The molecule has 0 aliphatic carbocycles. The zero-order chi connectivity index (χ0) is 17.9. The maximum atomic E-state index is 4.71. The van der Waals surface area contributed by atoms with Crippen molar-refractivity contribution in [2.45, 2.75) is 37.3 Å². The summed E-state index contributed by atoms with van der Waals surface area (Å²) >= 11 is 5.23. The van der Waals surface area contributed by atoms with E-state index in [4.69, 9.17) is 4.98 Å². The first kappa shape index (κ1) is 18.1. The first-order chi connectivity index (χ1) is 12.7. The summed E-state index contributed by atoms with van der Waals surface area (Å²) in [7, 11) is 2.23. The van der Waals surface area contributed by atoms with E-state index in [1.165, 1.54) is 30.7 Å². The molecule has 1 fully saturated rings. The topological polar surface area (TPSA) is 41.9 Å². The summed E-state index contributed by atoms with van der Waals surface area (Å²) in [4.78, 5) is 9.51. The Kier molecular flexibility index (Phi) is 5.69. The zero-order valence-corrected chi connectivity index (χ0v) is 17.5. The van der Waals surface area contributed by atoms with Crippen molar-refractivity contribution in [1.29, 1.82) is 0 Å². The molecular weight excluding hydrogens is 380 g/mol. The van der Waals surface area contributed by atoms with Crippen molar-refractivity contribution in [1.82, 2.24) is 20.1 Å². The van der Waals surface area contributed by atoms with Crippen molar-refractivity contribution < 1.29 is 0 Å². The van der Waals surface area contributed by atoms with Gasteiger partial charge in [0.15, 0.2) is 0 Å². The summed E-state index contributed by atoms with van der Waals surface area (Å²) in [6, 6.07) is 9.01. The molecule has 0 N–H and O–H groups in total. The number of aromatic nitrogens is 3. The molecule has 3 aromatic heterocycles. The van der Waals surface area contributed by atoms with Gasteiger partial charge in [-0.15, -0.1) is 44.6 Å². The Bertz CT molecular complexity index is 842. The lowest BCUT2D eigenvalue weighted by Crippen LogP contribution is -2.37. The molecule has 0 amide bonds. The highest BCUT2D eigenvalue weighted by molar-refractivity contribution is 7.99. The molecule has 0 spiro atoms. The van der Waals surface area contributed by atoms with Crippen LogP contribution in [0.1, 0.15) is 25.0 Å². The van der Waals surface area contributed by atoms with Crippen molar-refractivity contribution in [2.24, 2.45) is 0 Å². The van der Waals surface area contributed by atoms with E-state index in [0.29, 0.717) is 6.04 Å². The van der Waals surface area contributed by atoms with E-state index in [9.17, 15) is 0 Å². The van der Waals surface area contributed by atoms with E-state index < -0.39 is 0 Å². The van der Waals surface area contributed by atoms with Crippen molar-refractivity contribution in [3.05, 3.63) is 35.3 Å². The predicted octanol–water partition coefficient (Wildman–Crippen LogP) is 5.21. The standard InChI is InChI=1S/C19H22N4S3/c1-13-18(26-19(20-13)16-7-5-11-24-16)15-8-9-17(22-21-15)25-12-14-6-3-4-10-23(14)2/h5,7-9,11,14H,3-4,6,10,12H2,1-2H3. The van der Waals surface area contributed by atoms with Gasteiger partial charge in [-0.2, -0.15) is 0 Å². The maximum absolute atomic E-state index is 4.71. The fourth-order valence-electron chi connectivity index (χ4n) is 3.19. The summed E-state index contributed by atoms with van der Waals surface area (Å²) in [5.41, 5.74) is 1.94. The van der Waals surface area contributed by atoms with Crippen molar-refractivity contribution in [2.75, 3.05) is 19.3 Å². The van der Waals surface area contributed by atoms with E-state index in [0.717, 1.165) is 32.1 Å². The number of hydrogen-bond donors (Lipinski definition) is 0. The van der Waals surface area contributed by atoms with Gasteiger partial charge in [0.1, 0.15) is 15.7 Å². The van der Waals surface area contributed by atoms with Gasteiger partial charge < -0.3 is 4.90 Å². The van der Waals surface area contributed by atoms with Crippen LogP contribution in [0.25, 0.3) is 20.5 Å². The number of thiophene rings is 1.